The zero-order chi connectivity index (χ0) is 11.5. The summed E-state index contributed by atoms with van der Waals surface area (Å²) in [5.41, 5.74) is 7.77. The molecule has 1 saturated heterocycles. The van der Waals surface area contributed by atoms with Crippen molar-refractivity contribution in [3.8, 4) is 0 Å². The summed E-state index contributed by atoms with van der Waals surface area (Å²) in [5.74, 6) is 0. The first kappa shape index (κ1) is 11.0. The quantitative estimate of drug-likeness (QED) is 0.753. The molecule has 1 aliphatic heterocycles. The Morgan fingerprint density at radius 3 is 2.69 bits per heavy atom. The molecule has 1 heterocycles. The maximum atomic E-state index is 11.8. The lowest BCUT2D eigenvalue weighted by molar-refractivity contribution is 0.222. The normalized spacial score (nSPS) is 19.9. The third kappa shape index (κ3) is 2.52. The van der Waals surface area contributed by atoms with Gasteiger partial charge >= 0.3 is 6.03 Å². The van der Waals surface area contributed by atoms with Crippen LogP contribution in [0.25, 0.3) is 0 Å². The molecule has 1 aromatic rings. The van der Waals surface area contributed by atoms with Gasteiger partial charge in [0.1, 0.15) is 0 Å². The molecule has 0 radical (unpaired) electrons. The molecule has 16 heavy (non-hydrogen) atoms. The monoisotopic (exact) mass is 219 g/mol. The number of hydrogen-bond donors (Lipinski definition) is 2. The SMILES string of the molecule is Cc1ccc(NC(=O)N2CC[C@H](N)C2)cc1. The summed E-state index contributed by atoms with van der Waals surface area (Å²) < 4.78 is 0. The Labute approximate surface area is 95.4 Å². The molecule has 2 rings (SSSR count). The molecule has 0 spiro atoms. The highest BCUT2D eigenvalue weighted by molar-refractivity contribution is 5.89. The van der Waals surface area contributed by atoms with Crippen molar-refractivity contribution in [1.29, 1.82) is 0 Å². The zero-order valence-electron chi connectivity index (χ0n) is 9.44. The molecular weight excluding hydrogens is 202 g/mol. The van der Waals surface area contributed by atoms with E-state index in [1.165, 1.54) is 5.56 Å². The highest BCUT2D eigenvalue weighted by atomic mass is 16.2. The molecule has 1 atom stereocenters. The van der Waals surface area contributed by atoms with E-state index in [0.29, 0.717) is 6.54 Å². The maximum absolute atomic E-state index is 11.8. The fourth-order valence-corrected chi connectivity index (χ4v) is 1.81. The Kier molecular flexibility index (Phi) is 3.10. The Hall–Kier alpha value is -1.55. The molecule has 0 bridgehead atoms. The first-order chi connectivity index (χ1) is 7.65. The van der Waals surface area contributed by atoms with E-state index in [2.05, 4.69) is 5.32 Å². The van der Waals surface area contributed by atoms with Gasteiger partial charge in [0, 0.05) is 24.8 Å². The van der Waals surface area contributed by atoms with Crippen molar-refractivity contribution in [2.24, 2.45) is 5.73 Å². The minimum Gasteiger partial charge on any atom is -0.326 e. The second-order valence-corrected chi connectivity index (χ2v) is 4.29. The Balaban J connectivity index is 1.94. The van der Waals surface area contributed by atoms with Crippen molar-refractivity contribution in [2.75, 3.05) is 18.4 Å². The van der Waals surface area contributed by atoms with Crippen molar-refractivity contribution in [3.63, 3.8) is 0 Å². The lowest BCUT2D eigenvalue weighted by atomic mass is 10.2. The number of carbonyl (C=O) groups is 1. The first-order valence-electron chi connectivity index (χ1n) is 5.53. The van der Waals surface area contributed by atoms with Crippen LogP contribution in [-0.4, -0.2) is 30.1 Å². The summed E-state index contributed by atoms with van der Waals surface area (Å²) in [7, 11) is 0. The van der Waals surface area contributed by atoms with Crippen molar-refractivity contribution >= 4 is 11.7 Å². The Morgan fingerprint density at radius 2 is 2.12 bits per heavy atom. The van der Waals surface area contributed by atoms with Gasteiger partial charge in [-0.1, -0.05) is 17.7 Å². The molecule has 1 aromatic carbocycles. The fraction of sp³-hybridized carbons (Fsp3) is 0.417. The smallest absolute Gasteiger partial charge is 0.321 e. The summed E-state index contributed by atoms with van der Waals surface area (Å²) in [5, 5.41) is 2.86. The van der Waals surface area contributed by atoms with Gasteiger partial charge in [-0.05, 0) is 25.5 Å². The van der Waals surface area contributed by atoms with Crippen molar-refractivity contribution in [2.45, 2.75) is 19.4 Å². The fourth-order valence-electron chi connectivity index (χ4n) is 1.81. The van der Waals surface area contributed by atoms with E-state index in [1.54, 1.807) is 4.90 Å². The van der Waals surface area contributed by atoms with Gasteiger partial charge in [-0.25, -0.2) is 4.79 Å². The number of nitrogens with zero attached hydrogens (tertiary/aromatic N) is 1. The summed E-state index contributed by atoms with van der Waals surface area (Å²) in [4.78, 5) is 13.6. The highest BCUT2D eigenvalue weighted by Gasteiger charge is 2.23. The lowest BCUT2D eigenvalue weighted by Gasteiger charge is -2.16. The van der Waals surface area contributed by atoms with Crippen LogP contribution in [0.2, 0.25) is 0 Å². The van der Waals surface area contributed by atoms with Gasteiger partial charge in [0.2, 0.25) is 0 Å². The predicted molar refractivity (Wildman–Crippen MR) is 64.4 cm³/mol. The molecule has 0 unspecified atom stereocenters. The molecule has 0 aliphatic carbocycles. The molecule has 0 aromatic heterocycles. The van der Waals surface area contributed by atoms with Crippen molar-refractivity contribution < 1.29 is 4.79 Å². The number of amides is 2. The van der Waals surface area contributed by atoms with Gasteiger partial charge in [-0.3, -0.25) is 0 Å². The van der Waals surface area contributed by atoms with Crippen molar-refractivity contribution in [1.82, 2.24) is 4.90 Å². The summed E-state index contributed by atoms with van der Waals surface area (Å²) in [6.45, 7) is 3.42. The first-order valence-corrected chi connectivity index (χ1v) is 5.53. The van der Waals surface area contributed by atoms with E-state index >= 15 is 0 Å². The van der Waals surface area contributed by atoms with Crippen LogP contribution in [0.3, 0.4) is 0 Å². The Morgan fingerprint density at radius 1 is 1.44 bits per heavy atom. The van der Waals surface area contributed by atoms with E-state index in [0.717, 1.165) is 18.7 Å². The molecule has 4 heteroatoms. The average molecular weight is 219 g/mol. The molecule has 2 amide bonds. The van der Waals surface area contributed by atoms with E-state index in [-0.39, 0.29) is 12.1 Å². The van der Waals surface area contributed by atoms with Crippen LogP contribution in [0.1, 0.15) is 12.0 Å². The number of nitrogens with two attached hydrogens (primary N) is 1. The van der Waals surface area contributed by atoms with Crippen LogP contribution in [0.4, 0.5) is 10.5 Å². The van der Waals surface area contributed by atoms with Crippen LogP contribution >= 0.6 is 0 Å². The third-order valence-electron chi connectivity index (χ3n) is 2.81. The summed E-state index contributed by atoms with van der Waals surface area (Å²) in [6, 6.07) is 7.84. The number of benzene rings is 1. The standard InChI is InChI=1S/C12H17N3O/c1-9-2-4-11(5-3-9)14-12(16)15-7-6-10(13)8-15/h2-5,10H,6-8,13H2,1H3,(H,14,16)/t10-/m0/s1. The van der Waals surface area contributed by atoms with E-state index in [1.807, 2.05) is 31.2 Å². The molecule has 4 nitrogen and oxygen atoms in total. The minimum atomic E-state index is -0.0585. The number of likely N-dealkylation sites (tertiary alicyclic amines) is 1. The zero-order valence-corrected chi connectivity index (χ0v) is 9.44. The van der Waals surface area contributed by atoms with Crippen LogP contribution in [0, 0.1) is 6.92 Å². The number of carbonyl (C=O) groups excluding carboxylic acids is 1. The van der Waals surface area contributed by atoms with Gasteiger partial charge in [-0.15, -0.1) is 0 Å². The maximum Gasteiger partial charge on any atom is 0.321 e. The molecular formula is C12H17N3O. The third-order valence-corrected chi connectivity index (χ3v) is 2.81. The topological polar surface area (TPSA) is 58.4 Å². The lowest BCUT2D eigenvalue weighted by Crippen LogP contribution is -2.35. The number of urea groups is 1. The van der Waals surface area contributed by atoms with Crippen LogP contribution < -0.4 is 11.1 Å². The molecule has 1 fully saturated rings. The van der Waals surface area contributed by atoms with Gasteiger partial charge in [0.15, 0.2) is 0 Å². The van der Waals surface area contributed by atoms with Gasteiger partial charge in [0.05, 0.1) is 0 Å². The largest absolute Gasteiger partial charge is 0.326 e. The van der Waals surface area contributed by atoms with Gasteiger partial charge in [-0.2, -0.15) is 0 Å². The average Bonchev–Trinajstić information content (AvgIpc) is 2.68. The van der Waals surface area contributed by atoms with Crippen LogP contribution in [-0.2, 0) is 0 Å². The second kappa shape index (κ2) is 4.53. The highest BCUT2D eigenvalue weighted by Crippen LogP contribution is 2.12. The number of hydrogen-bond acceptors (Lipinski definition) is 2. The number of nitrogens with one attached hydrogen (secondary N) is 1. The van der Waals surface area contributed by atoms with Crippen LogP contribution in [0.5, 0.6) is 0 Å². The molecule has 0 saturated carbocycles. The summed E-state index contributed by atoms with van der Waals surface area (Å²) in [6.07, 6.45) is 0.890. The summed E-state index contributed by atoms with van der Waals surface area (Å²) >= 11 is 0. The van der Waals surface area contributed by atoms with Gasteiger partial charge < -0.3 is 16.0 Å². The van der Waals surface area contributed by atoms with E-state index < -0.39 is 0 Å². The number of anilines is 1. The van der Waals surface area contributed by atoms with Crippen molar-refractivity contribution in [3.05, 3.63) is 29.8 Å². The number of rotatable bonds is 1. The Bertz CT molecular complexity index is 374. The second-order valence-electron chi connectivity index (χ2n) is 4.29. The molecule has 1 aliphatic rings. The molecule has 86 valence electrons. The van der Waals surface area contributed by atoms with E-state index in [4.69, 9.17) is 5.73 Å². The van der Waals surface area contributed by atoms with E-state index in [9.17, 15) is 4.79 Å². The number of aryl methyl sites for hydroxylation is 1. The molecule has 3 N–H and O–H groups in total. The minimum absolute atomic E-state index is 0.0585. The van der Waals surface area contributed by atoms with Gasteiger partial charge in [0.25, 0.3) is 0 Å². The van der Waals surface area contributed by atoms with Crippen LogP contribution in [0.15, 0.2) is 24.3 Å². The predicted octanol–water partition coefficient (Wildman–Crippen LogP) is 1.56.